The molecule has 164 valence electrons. The largest absolute Gasteiger partial charge is 0.496 e. The topological polar surface area (TPSA) is 95.1 Å². The summed E-state index contributed by atoms with van der Waals surface area (Å²) in [6.07, 6.45) is 0. The first-order valence-corrected chi connectivity index (χ1v) is 11.0. The molecule has 1 amide bonds. The quantitative estimate of drug-likeness (QED) is 0.430. The fraction of sp³-hybridized carbons (Fsp3) is 0.348. The highest BCUT2D eigenvalue weighted by Gasteiger charge is 2.21. The van der Waals surface area contributed by atoms with Gasteiger partial charge in [0.1, 0.15) is 5.75 Å². The number of para-hydroxylation sites is 1. The van der Waals surface area contributed by atoms with Crippen molar-refractivity contribution in [3.05, 3.63) is 59.7 Å². The molecule has 1 heterocycles. The second kappa shape index (κ2) is 9.43. The van der Waals surface area contributed by atoms with E-state index in [0.29, 0.717) is 17.5 Å². The molecular weight excluding hydrogens is 410 g/mol. The summed E-state index contributed by atoms with van der Waals surface area (Å²) in [5, 5.41) is 11.4. The SMILES string of the molecule is COc1ccccc1CNC(=O)C(C)Sc1nnc(-c2ccc(C(C)(C)C)cc2)n1N. The fourth-order valence-electron chi connectivity index (χ4n) is 3.06. The van der Waals surface area contributed by atoms with Crippen molar-refractivity contribution in [1.29, 1.82) is 0 Å². The number of amides is 1. The fourth-order valence-corrected chi connectivity index (χ4v) is 3.85. The first-order chi connectivity index (χ1) is 14.7. The van der Waals surface area contributed by atoms with Crippen molar-refractivity contribution in [1.82, 2.24) is 20.2 Å². The highest BCUT2D eigenvalue weighted by atomic mass is 32.2. The van der Waals surface area contributed by atoms with Gasteiger partial charge in [-0.3, -0.25) is 4.79 Å². The highest BCUT2D eigenvalue weighted by Crippen LogP contribution is 2.28. The van der Waals surface area contributed by atoms with Crippen LogP contribution in [0.5, 0.6) is 5.75 Å². The average Bonchev–Trinajstić information content (AvgIpc) is 3.11. The third-order valence-corrected chi connectivity index (χ3v) is 6.03. The summed E-state index contributed by atoms with van der Waals surface area (Å²) in [5.41, 5.74) is 3.10. The zero-order chi connectivity index (χ0) is 22.6. The molecule has 0 radical (unpaired) electrons. The number of nitrogens with zero attached hydrogens (tertiary/aromatic N) is 3. The molecule has 7 nitrogen and oxygen atoms in total. The molecule has 8 heteroatoms. The van der Waals surface area contributed by atoms with Crippen LogP contribution in [0.15, 0.2) is 53.7 Å². The molecule has 31 heavy (non-hydrogen) atoms. The maximum Gasteiger partial charge on any atom is 0.233 e. The second-order valence-corrected chi connectivity index (χ2v) is 9.60. The minimum Gasteiger partial charge on any atom is -0.496 e. The summed E-state index contributed by atoms with van der Waals surface area (Å²) in [5.74, 6) is 7.42. The average molecular weight is 440 g/mol. The predicted molar refractivity (Wildman–Crippen MR) is 124 cm³/mol. The molecule has 0 fully saturated rings. The van der Waals surface area contributed by atoms with Crippen LogP contribution in [0.3, 0.4) is 0 Å². The van der Waals surface area contributed by atoms with Gasteiger partial charge in [-0.1, -0.05) is 75.0 Å². The number of hydrogen-bond acceptors (Lipinski definition) is 6. The van der Waals surface area contributed by atoms with Crippen LogP contribution in [-0.2, 0) is 16.8 Å². The van der Waals surface area contributed by atoms with Crippen LogP contribution in [0.2, 0.25) is 0 Å². The number of nitrogens with one attached hydrogen (secondary N) is 1. The first-order valence-electron chi connectivity index (χ1n) is 10.1. The second-order valence-electron chi connectivity index (χ2n) is 8.29. The van der Waals surface area contributed by atoms with Crippen LogP contribution in [0.1, 0.15) is 38.8 Å². The smallest absolute Gasteiger partial charge is 0.233 e. The molecule has 3 N–H and O–H groups in total. The van der Waals surface area contributed by atoms with Gasteiger partial charge in [-0.05, 0) is 24.0 Å². The Labute approximate surface area is 187 Å². The molecule has 0 saturated heterocycles. The van der Waals surface area contributed by atoms with Crippen molar-refractivity contribution in [2.75, 3.05) is 13.0 Å². The Kier molecular flexibility index (Phi) is 6.90. The number of benzene rings is 2. The van der Waals surface area contributed by atoms with E-state index in [-0.39, 0.29) is 11.3 Å². The molecule has 0 spiro atoms. The monoisotopic (exact) mass is 439 g/mol. The van der Waals surface area contributed by atoms with E-state index in [4.69, 9.17) is 10.6 Å². The van der Waals surface area contributed by atoms with E-state index in [2.05, 4.69) is 48.4 Å². The molecule has 3 rings (SSSR count). The van der Waals surface area contributed by atoms with Crippen molar-refractivity contribution >= 4 is 17.7 Å². The highest BCUT2D eigenvalue weighted by molar-refractivity contribution is 8.00. The lowest BCUT2D eigenvalue weighted by atomic mass is 9.87. The first kappa shape index (κ1) is 22.7. The molecule has 1 atom stereocenters. The Morgan fingerprint density at radius 3 is 2.48 bits per heavy atom. The summed E-state index contributed by atoms with van der Waals surface area (Å²) in [4.78, 5) is 12.6. The molecule has 3 aromatic rings. The van der Waals surface area contributed by atoms with Gasteiger partial charge in [-0.15, -0.1) is 10.2 Å². The summed E-state index contributed by atoms with van der Waals surface area (Å²) in [6.45, 7) is 8.70. The van der Waals surface area contributed by atoms with Crippen LogP contribution in [-0.4, -0.2) is 33.1 Å². The van der Waals surface area contributed by atoms with E-state index in [1.165, 1.54) is 22.0 Å². The zero-order valence-corrected chi connectivity index (χ0v) is 19.4. The normalized spacial score (nSPS) is 12.4. The number of nitrogen functional groups attached to an aromatic ring is 1. The molecule has 0 aliphatic heterocycles. The van der Waals surface area contributed by atoms with Gasteiger partial charge in [0, 0.05) is 17.7 Å². The predicted octanol–water partition coefficient (Wildman–Crippen LogP) is 3.76. The summed E-state index contributed by atoms with van der Waals surface area (Å²) < 4.78 is 6.76. The van der Waals surface area contributed by atoms with E-state index in [9.17, 15) is 4.79 Å². The van der Waals surface area contributed by atoms with Gasteiger partial charge in [-0.2, -0.15) is 0 Å². The number of ether oxygens (including phenoxy) is 1. The van der Waals surface area contributed by atoms with E-state index >= 15 is 0 Å². The summed E-state index contributed by atoms with van der Waals surface area (Å²) in [7, 11) is 1.61. The van der Waals surface area contributed by atoms with Gasteiger partial charge in [0.2, 0.25) is 11.1 Å². The van der Waals surface area contributed by atoms with Crippen LogP contribution in [0, 0.1) is 0 Å². The Morgan fingerprint density at radius 1 is 1.16 bits per heavy atom. The number of rotatable bonds is 7. The van der Waals surface area contributed by atoms with Crippen molar-refractivity contribution in [2.24, 2.45) is 0 Å². The lowest BCUT2D eigenvalue weighted by Gasteiger charge is -2.19. The lowest BCUT2D eigenvalue weighted by molar-refractivity contribution is -0.120. The summed E-state index contributed by atoms with van der Waals surface area (Å²) >= 11 is 1.27. The van der Waals surface area contributed by atoms with Gasteiger partial charge in [0.15, 0.2) is 5.82 Å². The maximum atomic E-state index is 12.6. The van der Waals surface area contributed by atoms with Gasteiger partial charge < -0.3 is 15.9 Å². The standard InChI is InChI=1S/C23H29N5O2S/c1-15(21(29)25-14-17-8-6-7-9-19(17)30-5)31-22-27-26-20(28(22)24)16-10-12-18(13-11-16)23(2,3)4/h6-13,15H,14,24H2,1-5H3,(H,25,29). The minimum atomic E-state index is -0.391. The molecule has 1 unspecified atom stereocenters. The van der Waals surface area contributed by atoms with Gasteiger partial charge in [0.05, 0.1) is 12.4 Å². The zero-order valence-electron chi connectivity index (χ0n) is 18.5. The number of thioether (sulfide) groups is 1. The molecule has 0 saturated carbocycles. The third kappa shape index (κ3) is 5.38. The number of carbonyl (C=O) groups excluding carboxylic acids is 1. The van der Waals surface area contributed by atoms with Gasteiger partial charge >= 0.3 is 0 Å². The van der Waals surface area contributed by atoms with Crippen LogP contribution in [0.25, 0.3) is 11.4 Å². The van der Waals surface area contributed by atoms with Crippen LogP contribution in [0.4, 0.5) is 0 Å². The number of methoxy groups -OCH3 is 1. The minimum absolute atomic E-state index is 0.0719. The van der Waals surface area contributed by atoms with Crippen molar-refractivity contribution < 1.29 is 9.53 Å². The number of hydrogen-bond donors (Lipinski definition) is 2. The Balaban J connectivity index is 1.65. The van der Waals surface area contributed by atoms with E-state index in [1.54, 1.807) is 7.11 Å². The molecular formula is C23H29N5O2S. The molecule has 0 bridgehead atoms. The van der Waals surface area contributed by atoms with Gasteiger partial charge in [-0.25, -0.2) is 4.68 Å². The Morgan fingerprint density at radius 2 is 1.84 bits per heavy atom. The molecule has 2 aromatic carbocycles. The van der Waals surface area contributed by atoms with Crippen molar-refractivity contribution in [2.45, 2.75) is 50.1 Å². The van der Waals surface area contributed by atoms with Crippen LogP contribution < -0.4 is 15.9 Å². The van der Waals surface area contributed by atoms with Gasteiger partial charge in [0.25, 0.3) is 0 Å². The maximum absolute atomic E-state index is 12.6. The Bertz CT molecular complexity index is 1040. The third-order valence-electron chi connectivity index (χ3n) is 4.97. The van der Waals surface area contributed by atoms with Crippen LogP contribution >= 0.6 is 11.8 Å². The molecule has 1 aromatic heterocycles. The Hall–Kier alpha value is -3.00. The number of nitrogens with two attached hydrogens (primary N) is 1. The van der Waals surface area contributed by atoms with Crippen molar-refractivity contribution in [3.63, 3.8) is 0 Å². The van der Waals surface area contributed by atoms with E-state index < -0.39 is 5.25 Å². The van der Waals surface area contributed by atoms with E-state index in [1.807, 2.05) is 43.3 Å². The molecule has 0 aliphatic carbocycles. The van der Waals surface area contributed by atoms with E-state index in [0.717, 1.165) is 16.9 Å². The van der Waals surface area contributed by atoms with Crippen molar-refractivity contribution in [3.8, 4) is 17.1 Å². The lowest BCUT2D eigenvalue weighted by Crippen LogP contribution is -2.31. The summed E-state index contributed by atoms with van der Waals surface area (Å²) in [6, 6.07) is 15.7. The molecule has 0 aliphatic rings. The number of carbonyl (C=O) groups is 1. The number of aromatic nitrogens is 3.